The molecule has 0 unspecified atom stereocenters. The van der Waals surface area contributed by atoms with Crippen LogP contribution in [-0.2, 0) is 9.47 Å². The number of hydrogen-bond acceptors (Lipinski definition) is 6. The maximum atomic E-state index is 12.6. The molecular formula is C56H38N2O4. The molecule has 62 heavy (non-hydrogen) atoms. The fourth-order valence-electron chi connectivity index (χ4n) is 8.16. The SMILES string of the molecule is COC(=O)c1cc(-c2ccc(-c3ccc4cc(/C=C/c5ccc6cc(-c7ccc(-c8cc(C(=O)OC)c9ccccc9n8)cc7)ccc6c5)ccc4c3)cc2)nc2ccccc12. The molecule has 0 spiro atoms. The summed E-state index contributed by atoms with van der Waals surface area (Å²) in [6, 6.07) is 61.6. The minimum atomic E-state index is -0.379. The van der Waals surface area contributed by atoms with Gasteiger partial charge in [-0.1, -0.05) is 146 Å². The first kappa shape index (κ1) is 38.0. The van der Waals surface area contributed by atoms with E-state index in [2.05, 4.69) is 109 Å². The van der Waals surface area contributed by atoms with Crippen molar-refractivity contribution < 1.29 is 19.1 Å². The van der Waals surface area contributed by atoms with Gasteiger partial charge in [0.15, 0.2) is 0 Å². The zero-order valence-corrected chi connectivity index (χ0v) is 34.0. The summed E-state index contributed by atoms with van der Waals surface area (Å²) < 4.78 is 10.1. The Hall–Kier alpha value is -8.22. The monoisotopic (exact) mass is 802 g/mol. The molecule has 0 bridgehead atoms. The average molecular weight is 803 g/mol. The summed E-state index contributed by atoms with van der Waals surface area (Å²) in [5.41, 5.74) is 12.5. The second kappa shape index (κ2) is 16.1. The number of benzene rings is 8. The van der Waals surface area contributed by atoms with E-state index in [4.69, 9.17) is 19.4 Å². The Morgan fingerprint density at radius 1 is 0.387 bits per heavy atom. The van der Waals surface area contributed by atoms with Gasteiger partial charge < -0.3 is 9.47 Å². The van der Waals surface area contributed by atoms with E-state index < -0.39 is 0 Å². The van der Waals surface area contributed by atoms with Crippen molar-refractivity contribution in [3.63, 3.8) is 0 Å². The first-order valence-corrected chi connectivity index (χ1v) is 20.3. The molecular weight excluding hydrogens is 765 g/mol. The van der Waals surface area contributed by atoms with Crippen LogP contribution in [0.5, 0.6) is 0 Å². The summed E-state index contributed by atoms with van der Waals surface area (Å²) in [5, 5.41) is 6.21. The van der Waals surface area contributed by atoms with Gasteiger partial charge in [-0.3, -0.25) is 0 Å². The highest BCUT2D eigenvalue weighted by molar-refractivity contribution is 6.05. The molecule has 0 fully saturated rings. The number of aromatic nitrogens is 2. The second-order valence-electron chi connectivity index (χ2n) is 15.3. The average Bonchev–Trinajstić information content (AvgIpc) is 3.34. The van der Waals surface area contributed by atoms with E-state index >= 15 is 0 Å². The van der Waals surface area contributed by atoms with Crippen LogP contribution in [-0.4, -0.2) is 36.1 Å². The lowest BCUT2D eigenvalue weighted by atomic mass is 9.97. The molecule has 0 N–H and O–H groups in total. The van der Waals surface area contributed by atoms with Crippen LogP contribution < -0.4 is 0 Å². The third-order valence-corrected chi connectivity index (χ3v) is 11.5. The lowest BCUT2D eigenvalue weighted by Crippen LogP contribution is -2.03. The van der Waals surface area contributed by atoms with Crippen LogP contribution in [0.25, 0.3) is 100 Å². The second-order valence-corrected chi connectivity index (χ2v) is 15.3. The minimum absolute atomic E-state index is 0.379. The van der Waals surface area contributed by atoms with Crippen LogP contribution in [0.15, 0.2) is 182 Å². The van der Waals surface area contributed by atoms with E-state index in [1.165, 1.54) is 25.0 Å². The molecule has 0 amide bonds. The highest BCUT2D eigenvalue weighted by Crippen LogP contribution is 2.32. The number of esters is 2. The van der Waals surface area contributed by atoms with Gasteiger partial charge in [0.2, 0.25) is 0 Å². The van der Waals surface area contributed by atoms with Gasteiger partial charge in [0.1, 0.15) is 0 Å². The molecule has 10 aromatic rings. The van der Waals surface area contributed by atoms with Gasteiger partial charge in [-0.05, 0) is 103 Å². The van der Waals surface area contributed by atoms with Crippen molar-refractivity contribution in [1.29, 1.82) is 0 Å². The van der Waals surface area contributed by atoms with E-state index in [1.54, 1.807) is 12.1 Å². The number of para-hydroxylation sites is 2. The number of rotatable bonds is 8. The van der Waals surface area contributed by atoms with Crippen molar-refractivity contribution in [2.24, 2.45) is 0 Å². The first-order valence-electron chi connectivity index (χ1n) is 20.3. The third-order valence-electron chi connectivity index (χ3n) is 11.5. The molecule has 0 saturated carbocycles. The molecule has 6 heteroatoms. The summed E-state index contributed by atoms with van der Waals surface area (Å²) in [7, 11) is 2.80. The van der Waals surface area contributed by atoms with Crippen molar-refractivity contribution in [1.82, 2.24) is 9.97 Å². The molecule has 2 heterocycles. The summed E-state index contributed by atoms with van der Waals surface area (Å²) in [6.45, 7) is 0. The van der Waals surface area contributed by atoms with Gasteiger partial charge in [-0.15, -0.1) is 0 Å². The van der Waals surface area contributed by atoms with Gasteiger partial charge in [-0.25, -0.2) is 19.6 Å². The molecule has 6 nitrogen and oxygen atoms in total. The molecule has 0 saturated heterocycles. The number of ether oxygens (including phenoxy) is 2. The molecule has 0 aliphatic carbocycles. The van der Waals surface area contributed by atoms with Gasteiger partial charge >= 0.3 is 11.9 Å². The van der Waals surface area contributed by atoms with E-state index in [0.717, 1.165) is 88.5 Å². The van der Waals surface area contributed by atoms with Crippen molar-refractivity contribution >= 4 is 67.4 Å². The predicted molar refractivity (Wildman–Crippen MR) is 252 cm³/mol. The number of carbonyl (C=O) groups is 2. The summed E-state index contributed by atoms with van der Waals surface area (Å²) in [4.78, 5) is 34.8. The Balaban J connectivity index is 0.835. The van der Waals surface area contributed by atoms with E-state index in [0.29, 0.717) is 11.1 Å². The van der Waals surface area contributed by atoms with Crippen molar-refractivity contribution in [2.75, 3.05) is 14.2 Å². The molecule has 0 atom stereocenters. The molecule has 0 aliphatic heterocycles. The van der Waals surface area contributed by atoms with E-state index in [-0.39, 0.29) is 11.9 Å². The van der Waals surface area contributed by atoms with Gasteiger partial charge in [0.05, 0.1) is 47.8 Å². The third kappa shape index (κ3) is 7.35. The quantitative estimate of drug-likeness (QED) is 0.112. The number of nitrogens with zero attached hydrogens (tertiary/aromatic N) is 2. The Morgan fingerprint density at radius 2 is 0.742 bits per heavy atom. The minimum Gasteiger partial charge on any atom is -0.465 e. The standard InChI is InChI=1S/C56H38N2O4/c1-61-55(59)49-33-53(57-51-9-5-3-7-47(49)51)39-21-17-37(18-22-39)43-27-25-41-29-35(13-15-45(41)31-43)11-12-36-14-16-46-32-44(28-26-42(46)30-36)38-19-23-40(24-20-38)54-34-50(56(60)62-2)48-8-4-6-10-52(48)58-54/h3-34H,1-2H3/b12-11+. The Morgan fingerprint density at radius 3 is 1.16 bits per heavy atom. The van der Waals surface area contributed by atoms with Gasteiger partial charge in [0, 0.05) is 21.9 Å². The van der Waals surface area contributed by atoms with E-state index in [9.17, 15) is 9.59 Å². The van der Waals surface area contributed by atoms with Gasteiger partial charge in [-0.2, -0.15) is 0 Å². The van der Waals surface area contributed by atoms with Crippen molar-refractivity contribution in [3.05, 3.63) is 204 Å². The van der Waals surface area contributed by atoms with Crippen LogP contribution in [0.3, 0.4) is 0 Å². The smallest absolute Gasteiger partial charge is 0.338 e. The maximum absolute atomic E-state index is 12.6. The highest BCUT2D eigenvalue weighted by atomic mass is 16.5. The molecule has 2 aromatic heterocycles. The first-order chi connectivity index (χ1) is 30.4. The lowest BCUT2D eigenvalue weighted by molar-refractivity contribution is 0.0594. The normalized spacial score (nSPS) is 11.5. The number of pyridine rings is 2. The largest absolute Gasteiger partial charge is 0.465 e. The van der Waals surface area contributed by atoms with Crippen LogP contribution in [0.4, 0.5) is 0 Å². The fraction of sp³-hybridized carbons (Fsp3) is 0.0357. The summed E-state index contributed by atoms with van der Waals surface area (Å²) in [6.07, 6.45) is 4.32. The zero-order chi connectivity index (χ0) is 42.2. The molecule has 10 rings (SSSR count). The fourth-order valence-corrected chi connectivity index (χ4v) is 8.16. The van der Waals surface area contributed by atoms with Crippen molar-refractivity contribution in [3.8, 4) is 44.8 Å². The topological polar surface area (TPSA) is 78.4 Å². The van der Waals surface area contributed by atoms with Crippen LogP contribution in [0.2, 0.25) is 0 Å². The molecule has 0 radical (unpaired) electrons. The number of fused-ring (bicyclic) bond motifs is 4. The summed E-state index contributed by atoms with van der Waals surface area (Å²) in [5.74, 6) is -0.757. The predicted octanol–water partition coefficient (Wildman–Crippen LogP) is 13.5. The zero-order valence-electron chi connectivity index (χ0n) is 34.0. The lowest BCUT2D eigenvalue weighted by Gasteiger charge is -2.10. The van der Waals surface area contributed by atoms with E-state index in [1.807, 2.05) is 72.8 Å². The van der Waals surface area contributed by atoms with Crippen molar-refractivity contribution in [2.45, 2.75) is 0 Å². The van der Waals surface area contributed by atoms with Gasteiger partial charge in [0.25, 0.3) is 0 Å². The Bertz CT molecular complexity index is 3180. The summed E-state index contributed by atoms with van der Waals surface area (Å²) >= 11 is 0. The molecule has 8 aromatic carbocycles. The van der Waals surface area contributed by atoms with Crippen LogP contribution >= 0.6 is 0 Å². The number of hydrogen-bond donors (Lipinski definition) is 0. The van der Waals surface area contributed by atoms with Crippen LogP contribution in [0, 0.1) is 0 Å². The number of carbonyl (C=O) groups excluding carboxylic acids is 2. The Kier molecular flexibility index (Phi) is 9.87. The highest BCUT2D eigenvalue weighted by Gasteiger charge is 2.16. The van der Waals surface area contributed by atoms with Crippen LogP contribution in [0.1, 0.15) is 31.8 Å². The molecule has 0 aliphatic rings. The Labute approximate surface area is 358 Å². The molecule has 296 valence electrons. The number of methoxy groups -OCH3 is 2. The maximum Gasteiger partial charge on any atom is 0.338 e.